The Kier molecular flexibility index (Phi) is 8.25. The van der Waals surface area contributed by atoms with Crippen molar-refractivity contribution < 1.29 is 0 Å². The molecule has 9 rings (SSSR count). The molecule has 0 fully saturated rings. The van der Waals surface area contributed by atoms with Crippen LogP contribution in [0.25, 0.3) is 72.2 Å². The molecule has 0 atom stereocenters. The van der Waals surface area contributed by atoms with Crippen molar-refractivity contribution in [3.63, 3.8) is 0 Å². The van der Waals surface area contributed by atoms with E-state index in [1.165, 1.54) is 60.9 Å². The number of para-hydroxylation sites is 3. The minimum atomic E-state index is -0.0810. The Morgan fingerprint density at radius 1 is 0.554 bits per heavy atom. The van der Waals surface area contributed by atoms with E-state index in [4.69, 9.17) is 9.97 Å². The highest BCUT2D eigenvalue weighted by Gasteiger charge is 2.57. The van der Waals surface area contributed by atoms with E-state index in [1.807, 2.05) is 6.07 Å². The number of fused-ring (bicyclic) bond motifs is 5. The Morgan fingerprint density at radius 2 is 1.12 bits per heavy atom. The van der Waals surface area contributed by atoms with Gasteiger partial charge in [-0.1, -0.05) is 152 Å². The molecule has 0 N–H and O–H groups in total. The predicted octanol–water partition coefficient (Wildman–Crippen LogP) is 14.2. The molecular formula is C53H51N3. The number of nitrogens with zero attached hydrogens (tertiary/aromatic N) is 3. The highest BCUT2D eigenvalue weighted by molar-refractivity contribution is 6.12. The quantitative estimate of drug-likeness (QED) is 0.171. The largest absolute Gasteiger partial charge is 0.309 e. The SMILES string of the molecule is Cc1ccccc1/C(=C\C(C)C)n1c2ccccc2c2cc(-c3cc4c(cc3-c3nc5ccccc5nc3-c3ccccc3)C(C)(C)C(C)(C)C4(C)C)ccc21. The van der Waals surface area contributed by atoms with Crippen LogP contribution in [0.15, 0.2) is 140 Å². The molecule has 0 radical (unpaired) electrons. The van der Waals surface area contributed by atoms with Gasteiger partial charge < -0.3 is 4.57 Å². The number of aryl methyl sites for hydroxylation is 1. The summed E-state index contributed by atoms with van der Waals surface area (Å²) in [7, 11) is 0. The molecule has 56 heavy (non-hydrogen) atoms. The average Bonchev–Trinajstić information content (AvgIpc) is 3.57. The summed E-state index contributed by atoms with van der Waals surface area (Å²) in [5, 5.41) is 2.48. The maximum atomic E-state index is 5.49. The minimum Gasteiger partial charge on any atom is -0.309 e. The zero-order valence-corrected chi connectivity index (χ0v) is 34.2. The van der Waals surface area contributed by atoms with Crippen LogP contribution in [0.3, 0.4) is 0 Å². The van der Waals surface area contributed by atoms with Crippen molar-refractivity contribution in [3.8, 4) is 33.6 Å². The third-order valence-electron chi connectivity index (χ3n) is 13.6. The van der Waals surface area contributed by atoms with Gasteiger partial charge >= 0.3 is 0 Å². The normalized spacial score (nSPS) is 15.9. The fourth-order valence-corrected chi connectivity index (χ4v) is 9.37. The summed E-state index contributed by atoms with van der Waals surface area (Å²) in [6.45, 7) is 21.3. The first kappa shape index (κ1) is 35.9. The second kappa shape index (κ2) is 12.9. The molecular weight excluding hydrogens is 679 g/mol. The highest BCUT2D eigenvalue weighted by atomic mass is 15.0. The molecule has 0 saturated heterocycles. The van der Waals surface area contributed by atoms with Crippen LogP contribution >= 0.6 is 0 Å². The lowest BCUT2D eigenvalue weighted by Crippen LogP contribution is -2.42. The van der Waals surface area contributed by atoms with Crippen molar-refractivity contribution in [2.75, 3.05) is 0 Å². The van der Waals surface area contributed by atoms with Gasteiger partial charge in [0.2, 0.25) is 0 Å². The van der Waals surface area contributed by atoms with E-state index >= 15 is 0 Å². The maximum Gasteiger partial charge on any atom is 0.0979 e. The van der Waals surface area contributed by atoms with Crippen molar-refractivity contribution in [3.05, 3.63) is 162 Å². The molecule has 3 nitrogen and oxygen atoms in total. The fraction of sp³-hybridized carbons (Fsp3) is 0.245. The van der Waals surface area contributed by atoms with Gasteiger partial charge in [-0.15, -0.1) is 0 Å². The first-order valence-electron chi connectivity index (χ1n) is 20.1. The summed E-state index contributed by atoms with van der Waals surface area (Å²) in [4.78, 5) is 10.8. The van der Waals surface area contributed by atoms with Crippen LogP contribution < -0.4 is 0 Å². The summed E-state index contributed by atoms with van der Waals surface area (Å²) in [5.41, 5.74) is 16.9. The van der Waals surface area contributed by atoms with Crippen LogP contribution in [-0.2, 0) is 10.8 Å². The van der Waals surface area contributed by atoms with Gasteiger partial charge in [0.15, 0.2) is 0 Å². The summed E-state index contributed by atoms with van der Waals surface area (Å²) in [6, 6.07) is 48.6. The van der Waals surface area contributed by atoms with Gasteiger partial charge in [0, 0.05) is 33.2 Å². The molecule has 0 aliphatic heterocycles. The van der Waals surface area contributed by atoms with Crippen molar-refractivity contribution in [1.29, 1.82) is 0 Å². The van der Waals surface area contributed by atoms with E-state index in [0.717, 1.165) is 33.5 Å². The number of hydrogen-bond donors (Lipinski definition) is 0. The summed E-state index contributed by atoms with van der Waals surface area (Å²) in [5.74, 6) is 0.368. The zero-order valence-electron chi connectivity index (χ0n) is 34.2. The molecule has 0 bridgehead atoms. The summed E-state index contributed by atoms with van der Waals surface area (Å²) >= 11 is 0. The molecule has 2 heterocycles. The molecule has 0 spiro atoms. The van der Waals surface area contributed by atoms with Gasteiger partial charge in [-0.3, -0.25) is 0 Å². The average molecular weight is 730 g/mol. The first-order valence-corrected chi connectivity index (χ1v) is 20.1. The number of aromatic nitrogens is 3. The molecule has 2 aromatic heterocycles. The Bertz CT molecular complexity index is 2860. The van der Waals surface area contributed by atoms with E-state index in [2.05, 4.69) is 200 Å². The van der Waals surface area contributed by atoms with E-state index in [-0.39, 0.29) is 16.2 Å². The van der Waals surface area contributed by atoms with E-state index in [1.54, 1.807) is 0 Å². The van der Waals surface area contributed by atoms with Crippen molar-refractivity contribution in [2.45, 2.75) is 73.1 Å². The third kappa shape index (κ3) is 5.31. The fourth-order valence-electron chi connectivity index (χ4n) is 9.37. The lowest BCUT2D eigenvalue weighted by Gasteiger charge is -2.44. The second-order valence-electron chi connectivity index (χ2n) is 17.8. The number of allylic oxidation sites excluding steroid dienone is 1. The Morgan fingerprint density at radius 3 is 1.80 bits per heavy atom. The zero-order chi connectivity index (χ0) is 39.1. The standard InChI is InChI=1S/C53H51N3/c1-33(2)29-48(37-22-14-13-19-34(37)3)56-46-26-18-15-23-38(46)40-30-36(27-28-47(40)56)39-31-42-43(52(6,7)53(8,9)51(42,4)5)32-41(39)50-49(35-20-11-10-12-21-35)54-44-24-16-17-25-45(44)55-50/h10-33H,1-9H3/b48-29+. The molecule has 1 aliphatic rings. The van der Waals surface area contributed by atoms with Gasteiger partial charge in [-0.05, 0) is 99.4 Å². The van der Waals surface area contributed by atoms with Crippen molar-refractivity contribution in [1.82, 2.24) is 14.5 Å². The monoisotopic (exact) mass is 729 g/mol. The molecule has 0 unspecified atom stereocenters. The van der Waals surface area contributed by atoms with Crippen molar-refractivity contribution >= 4 is 38.5 Å². The topological polar surface area (TPSA) is 30.7 Å². The Labute approximate surface area is 331 Å². The van der Waals surface area contributed by atoms with Crippen LogP contribution in [0.4, 0.5) is 0 Å². The van der Waals surface area contributed by atoms with Crippen LogP contribution in [0, 0.1) is 18.3 Å². The molecule has 8 aromatic rings. The summed E-state index contributed by atoms with van der Waals surface area (Å²) < 4.78 is 2.48. The molecule has 0 amide bonds. The number of benzene rings is 6. The molecule has 3 heteroatoms. The van der Waals surface area contributed by atoms with E-state index in [0.29, 0.717) is 5.92 Å². The number of rotatable bonds is 6. The van der Waals surface area contributed by atoms with Crippen LogP contribution in [0.1, 0.15) is 77.6 Å². The van der Waals surface area contributed by atoms with Gasteiger partial charge in [0.1, 0.15) is 0 Å². The van der Waals surface area contributed by atoms with E-state index < -0.39 is 0 Å². The van der Waals surface area contributed by atoms with E-state index in [9.17, 15) is 0 Å². The Hall–Kier alpha value is -5.80. The van der Waals surface area contributed by atoms with Gasteiger partial charge in [-0.2, -0.15) is 0 Å². The minimum absolute atomic E-state index is 0.00163. The third-order valence-corrected chi connectivity index (χ3v) is 13.6. The smallest absolute Gasteiger partial charge is 0.0979 e. The number of hydrogen-bond acceptors (Lipinski definition) is 2. The molecule has 278 valence electrons. The lowest BCUT2D eigenvalue weighted by atomic mass is 9.59. The summed E-state index contributed by atoms with van der Waals surface area (Å²) in [6.07, 6.45) is 2.41. The predicted molar refractivity (Wildman–Crippen MR) is 238 cm³/mol. The highest BCUT2D eigenvalue weighted by Crippen LogP contribution is 2.63. The maximum absolute atomic E-state index is 5.49. The second-order valence-corrected chi connectivity index (χ2v) is 17.8. The molecule has 6 aromatic carbocycles. The first-order chi connectivity index (χ1) is 26.8. The van der Waals surface area contributed by atoms with Crippen LogP contribution in [0.5, 0.6) is 0 Å². The van der Waals surface area contributed by atoms with Gasteiger partial charge in [0.05, 0.1) is 33.5 Å². The van der Waals surface area contributed by atoms with Gasteiger partial charge in [0.25, 0.3) is 0 Å². The lowest BCUT2D eigenvalue weighted by molar-refractivity contribution is 0.125. The van der Waals surface area contributed by atoms with Crippen LogP contribution in [0.2, 0.25) is 0 Å². The molecule has 1 aliphatic carbocycles. The van der Waals surface area contributed by atoms with Crippen molar-refractivity contribution in [2.24, 2.45) is 11.3 Å². The van der Waals surface area contributed by atoms with Gasteiger partial charge in [-0.25, -0.2) is 9.97 Å². The molecule has 0 saturated carbocycles. The van der Waals surface area contributed by atoms with Crippen LogP contribution in [-0.4, -0.2) is 14.5 Å². The Balaban J connectivity index is 1.37.